The number of nitrogens with one attached hydrogen (secondary N) is 2. The molecule has 0 aliphatic heterocycles. The SMILES string of the molecule is CC(=O)c1ccc(NC(=O)C[C@@H](C(=O)[O-])[NH+](C)C)cc1. The Balaban J connectivity index is 2.66. The van der Waals surface area contributed by atoms with Gasteiger partial charge in [0, 0.05) is 11.3 Å². The first-order valence-corrected chi connectivity index (χ1v) is 6.23. The zero-order valence-electron chi connectivity index (χ0n) is 11.7. The predicted molar refractivity (Wildman–Crippen MR) is 71.3 cm³/mol. The number of carboxylic acids is 1. The van der Waals surface area contributed by atoms with Crippen molar-refractivity contribution in [2.45, 2.75) is 19.4 Å². The summed E-state index contributed by atoms with van der Waals surface area (Å²) in [6, 6.07) is 5.51. The summed E-state index contributed by atoms with van der Waals surface area (Å²) in [6.07, 6.45) is -0.168. The molecule has 0 saturated heterocycles. The molecule has 0 fully saturated rings. The molecule has 0 radical (unpaired) electrons. The maximum Gasteiger partial charge on any atom is 0.230 e. The summed E-state index contributed by atoms with van der Waals surface area (Å²) in [6.45, 7) is 1.46. The molecule has 1 atom stereocenters. The maximum atomic E-state index is 11.8. The van der Waals surface area contributed by atoms with Crippen molar-refractivity contribution in [2.75, 3.05) is 19.4 Å². The van der Waals surface area contributed by atoms with E-state index in [0.29, 0.717) is 16.2 Å². The summed E-state index contributed by atoms with van der Waals surface area (Å²) < 4.78 is 0. The van der Waals surface area contributed by atoms with Crippen molar-refractivity contribution in [3.63, 3.8) is 0 Å². The quantitative estimate of drug-likeness (QED) is 0.618. The van der Waals surface area contributed by atoms with E-state index in [1.807, 2.05) is 0 Å². The van der Waals surface area contributed by atoms with Crippen molar-refractivity contribution in [1.82, 2.24) is 0 Å². The van der Waals surface area contributed by atoms with Crippen LogP contribution in [0.25, 0.3) is 0 Å². The zero-order valence-corrected chi connectivity index (χ0v) is 11.7. The van der Waals surface area contributed by atoms with Gasteiger partial charge in [0.2, 0.25) is 5.91 Å². The maximum absolute atomic E-state index is 11.8. The normalized spacial score (nSPS) is 12.0. The van der Waals surface area contributed by atoms with Crippen LogP contribution in [0.5, 0.6) is 0 Å². The number of Topliss-reactive ketones (excluding diaryl/α,β-unsaturated/α-hetero) is 1. The van der Waals surface area contributed by atoms with Crippen LogP contribution in [0.4, 0.5) is 5.69 Å². The van der Waals surface area contributed by atoms with Gasteiger partial charge in [-0.3, -0.25) is 9.59 Å². The van der Waals surface area contributed by atoms with Crippen LogP contribution in [0.15, 0.2) is 24.3 Å². The largest absolute Gasteiger partial charge is 0.544 e. The van der Waals surface area contributed by atoms with Crippen LogP contribution in [0, 0.1) is 0 Å². The van der Waals surface area contributed by atoms with Gasteiger partial charge >= 0.3 is 0 Å². The lowest BCUT2D eigenvalue weighted by Crippen LogP contribution is -3.12. The van der Waals surface area contributed by atoms with E-state index in [0.717, 1.165) is 0 Å². The summed E-state index contributed by atoms with van der Waals surface area (Å²) in [5.41, 5.74) is 1.07. The number of benzene rings is 1. The lowest BCUT2D eigenvalue weighted by atomic mass is 10.1. The van der Waals surface area contributed by atoms with E-state index in [-0.39, 0.29) is 12.2 Å². The second kappa shape index (κ2) is 6.81. The van der Waals surface area contributed by atoms with E-state index in [9.17, 15) is 19.5 Å². The Morgan fingerprint density at radius 1 is 1.20 bits per heavy atom. The van der Waals surface area contributed by atoms with Gasteiger partial charge in [0.05, 0.1) is 26.5 Å². The Bertz CT molecular complexity index is 508. The average molecular weight is 278 g/mol. The molecule has 0 aliphatic rings. The van der Waals surface area contributed by atoms with Crippen LogP contribution >= 0.6 is 0 Å². The van der Waals surface area contributed by atoms with Crippen molar-refractivity contribution in [1.29, 1.82) is 0 Å². The van der Waals surface area contributed by atoms with Crippen LogP contribution in [-0.4, -0.2) is 37.8 Å². The number of quaternary nitrogens is 1. The number of anilines is 1. The molecule has 0 aliphatic carbocycles. The third kappa shape index (κ3) is 4.47. The Kier molecular flexibility index (Phi) is 5.40. The first-order chi connectivity index (χ1) is 9.31. The van der Waals surface area contributed by atoms with Gasteiger partial charge in [0.1, 0.15) is 6.04 Å². The molecule has 6 nitrogen and oxygen atoms in total. The van der Waals surface area contributed by atoms with Crippen molar-refractivity contribution >= 4 is 23.3 Å². The molecule has 20 heavy (non-hydrogen) atoms. The minimum atomic E-state index is -1.26. The third-order valence-corrected chi connectivity index (χ3v) is 2.95. The van der Waals surface area contributed by atoms with Gasteiger partial charge < -0.3 is 20.1 Å². The van der Waals surface area contributed by atoms with Crippen LogP contribution < -0.4 is 15.3 Å². The summed E-state index contributed by atoms with van der Waals surface area (Å²) in [7, 11) is 3.30. The number of hydrogen-bond donors (Lipinski definition) is 2. The number of likely N-dealkylation sites (N-methyl/N-ethyl adjacent to an activating group) is 1. The number of aliphatic carboxylic acids is 1. The summed E-state index contributed by atoms with van der Waals surface area (Å²) in [4.78, 5) is 34.4. The lowest BCUT2D eigenvalue weighted by molar-refractivity contribution is -0.878. The summed E-state index contributed by atoms with van der Waals surface area (Å²) in [5.74, 6) is -1.72. The number of amides is 1. The highest BCUT2D eigenvalue weighted by atomic mass is 16.4. The van der Waals surface area contributed by atoms with Gasteiger partial charge in [-0.25, -0.2) is 0 Å². The van der Waals surface area contributed by atoms with E-state index < -0.39 is 17.9 Å². The second-order valence-corrected chi connectivity index (χ2v) is 4.83. The fraction of sp³-hybridized carbons (Fsp3) is 0.357. The fourth-order valence-corrected chi connectivity index (χ4v) is 1.71. The highest BCUT2D eigenvalue weighted by Crippen LogP contribution is 2.10. The Hall–Kier alpha value is -2.21. The van der Waals surface area contributed by atoms with Crippen molar-refractivity contribution in [2.24, 2.45) is 0 Å². The van der Waals surface area contributed by atoms with Gasteiger partial charge in [-0.1, -0.05) is 0 Å². The van der Waals surface area contributed by atoms with Crippen LogP contribution in [0.2, 0.25) is 0 Å². The first-order valence-electron chi connectivity index (χ1n) is 6.23. The molecular formula is C14H18N2O4. The minimum absolute atomic E-state index is 0.0592. The number of carbonyl (C=O) groups excluding carboxylic acids is 3. The molecule has 0 heterocycles. The molecule has 0 unspecified atom stereocenters. The van der Waals surface area contributed by atoms with Crippen molar-refractivity contribution < 1.29 is 24.4 Å². The van der Waals surface area contributed by atoms with E-state index in [4.69, 9.17) is 0 Å². The Morgan fingerprint density at radius 3 is 2.15 bits per heavy atom. The van der Waals surface area contributed by atoms with Crippen molar-refractivity contribution in [3.8, 4) is 0 Å². The zero-order chi connectivity index (χ0) is 15.3. The Labute approximate surface area is 117 Å². The first kappa shape index (κ1) is 15.8. The van der Waals surface area contributed by atoms with Crippen LogP contribution in [0.1, 0.15) is 23.7 Å². The number of ketones is 1. The fourth-order valence-electron chi connectivity index (χ4n) is 1.71. The molecule has 6 heteroatoms. The number of hydrogen-bond acceptors (Lipinski definition) is 4. The Morgan fingerprint density at radius 2 is 1.75 bits per heavy atom. The number of rotatable bonds is 6. The van der Waals surface area contributed by atoms with Gasteiger partial charge in [0.25, 0.3) is 0 Å². The topological polar surface area (TPSA) is 90.7 Å². The van der Waals surface area contributed by atoms with Gasteiger partial charge in [0.15, 0.2) is 5.78 Å². The minimum Gasteiger partial charge on any atom is -0.544 e. The molecule has 2 N–H and O–H groups in total. The third-order valence-electron chi connectivity index (χ3n) is 2.95. The highest BCUT2D eigenvalue weighted by Gasteiger charge is 2.20. The second-order valence-electron chi connectivity index (χ2n) is 4.83. The van der Waals surface area contributed by atoms with E-state index in [1.54, 1.807) is 38.4 Å². The standard InChI is InChI=1S/C14H18N2O4/c1-9(17)10-4-6-11(7-5-10)15-13(18)8-12(14(19)20)16(2)3/h4-7,12H,8H2,1-3H3,(H,15,18)(H,19,20)/t12-/m0/s1. The number of carboxylic acid groups (broad SMARTS) is 1. The molecule has 1 aromatic rings. The van der Waals surface area contributed by atoms with Gasteiger partial charge in [-0.05, 0) is 31.2 Å². The highest BCUT2D eigenvalue weighted by molar-refractivity contribution is 5.96. The molecule has 108 valence electrons. The molecule has 1 aromatic carbocycles. The monoisotopic (exact) mass is 278 g/mol. The van der Waals surface area contributed by atoms with Crippen molar-refractivity contribution in [3.05, 3.63) is 29.8 Å². The van der Waals surface area contributed by atoms with Crippen LogP contribution in [0.3, 0.4) is 0 Å². The summed E-state index contributed by atoms with van der Waals surface area (Å²) in [5, 5.41) is 13.5. The number of carbonyl (C=O) groups is 3. The van der Waals surface area contributed by atoms with E-state index in [2.05, 4.69) is 5.32 Å². The molecule has 0 aromatic heterocycles. The molecule has 0 saturated carbocycles. The van der Waals surface area contributed by atoms with Gasteiger partial charge in [-0.15, -0.1) is 0 Å². The molecule has 1 rings (SSSR count). The predicted octanol–water partition coefficient (Wildman–Crippen LogP) is -1.52. The molecular weight excluding hydrogens is 260 g/mol. The lowest BCUT2D eigenvalue weighted by Gasteiger charge is -2.21. The van der Waals surface area contributed by atoms with E-state index in [1.165, 1.54) is 6.92 Å². The van der Waals surface area contributed by atoms with E-state index >= 15 is 0 Å². The smallest absolute Gasteiger partial charge is 0.230 e. The van der Waals surface area contributed by atoms with Gasteiger partial charge in [-0.2, -0.15) is 0 Å². The molecule has 1 amide bonds. The molecule has 0 spiro atoms. The molecule has 0 bridgehead atoms. The van der Waals surface area contributed by atoms with Crippen LogP contribution in [-0.2, 0) is 9.59 Å². The average Bonchev–Trinajstić information content (AvgIpc) is 2.35. The summed E-state index contributed by atoms with van der Waals surface area (Å²) >= 11 is 0.